The molecule has 2 heterocycles. The molecule has 2 rings (SSSR count). The number of hydrogen-bond acceptors (Lipinski definition) is 3. The van der Waals surface area contributed by atoms with Crippen LogP contribution in [-0.2, 0) is 6.54 Å². The van der Waals surface area contributed by atoms with Crippen LogP contribution in [0.5, 0.6) is 0 Å². The zero-order valence-electron chi connectivity index (χ0n) is 8.19. The topological polar surface area (TPSA) is 24.4 Å². The van der Waals surface area contributed by atoms with Gasteiger partial charge < -0.3 is 5.32 Å². The smallest absolute Gasteiger partial charge is 0.157 e. The van der Waals surface area contributed by atoms with E-state index in [0.29, 0.717) is 6.04 Å². The van der Waals surface area contributed by atoms with Gasteiger partial charge in [-0.05, 0) is 35.7 Å². The van der Waals surface area contributed by atoms with Crippen molar-refractivity contribution in [2.24, 2.45) is 4.99 Å². The van der Waals surface area contributed by atoms with Crippen LogP contribution in [0.3, 0.4) is 0 Å². The van der Waals surface area contributed by atoms with Crippen LogP contribution in [0.25, 0.3) is 0 Å². The summed E-state index contributed by atoms with van der Waals surface area (Å²) in [4.78, 5) is 4.55. The molecular weight excluding hydrogens is 212 g/mol. The summed E-state index contributed by atoms with van der Waals surface area (Å²) >= 11 is 3.56. The van der Waals surface area contributed by atoms with E-state index >= 15 is 0 Å². The average molecular weight is 226 g/mol. The molecule has 4 heteroatoms. The fourth-order valence-corrected chi connectivity index (χ4v) is 3.06. The highest BCUT2D eigenvalue weighted by Gasteiger charge is 2.12. The van der Waals surface area contributed by atoms with E-state index in [2.05, 4.69) is 34.1 Å². The van der Waals surface area contributed by atoms with Gasteiger partial charge in [-0.15, -0.1) is 0 Å². The van der Waals surface area contributed by atoms with Crippen molar-refractivity contribution in [3.63, 3.8) is 0 Å². The molecule has 0 aromatic carbocycles. The maximum Gasteiger partial charge on any atom is 0.157 e. The Hall–Kier alpha value is -0.480. The third kappa shape index (κ3) is 2.75. The third-order valence-electron chi connectivity index (χ3n) is 2.14. The van der Waals surface area contributed by atoms with Gasteiger partial charge in [0.2, 0.25) is 0 Å². The molecule has 0 bridgehead atoms. The summed E-state index contributed by atoms with van der Waals surface area (Å²) in [5, 5.41) is 8.75. The number of nitrogens with one attached hydrogen (secondary N) is 1. The summed E-state index contributed by atoms with van der Waals surface area (Å²) in [6.45, 7) is 3.02. The van der Waals surface area contributed by atoms with Crippen LogP contribution in [0.2, 0.25) is 0 Å². The van der Waals surface area contributed by atoms with Crippen LogP contribution in [0, 0.1) is 0 Å². The first-order valence-electron chi connectivity index (χ1n) is 4.79. The average Bonchev–Trinajstić information content (AvgIpc) is 2.67. The highest BCUT2D eigenvalue weighted by atomic mass is 32.2. The van der Waals surface area contributed by atoms with Crippen LogP contribution >= 0.6 is 23.1 Å². The summed E-state index contributed by atoms with van der Waals surface area (Å²) in [6, 6.07) is 2.71. The van der Waals surface area contributed by atoms with Gasteiger partial charge in [-0.3, -0.25) is 4.99 Å². The SMILES string of the molecule is CC1CCSC(=NCc2ccsc2)N1. The Labute approximate surface area is 92.8 Å². The predicted molar refractivity (Wildman–Crippen MR) is 65.1 cm³/mol. The lowest BCUT2D eigenvalue weighted by Gasteiger charge is -2.21. The van der Waals surface area contributed by atoms with Gasteiger partial charge in [-0.2, -0.15) is 11.3 Å². The molecule has 0 aliphatic carbocycles. The van der Waals surface area contributed by atoms with E-state index in [-0.39, 0.29) is 0 Å². The number of amidine groups is 1. The molecule has 2 nitrogen and oxygen atoms in total. The maximum atomic E-state index is 4.55. The Morgan fingerprint density at radius 2 is 2.57 bits per heavy atom. The van der Waals surface area contributed by atoms with Crippen molar-refractivity contribution in [3.8, 4) is 0 Å². The molecule has 0 saturated carbocycles. The number of hydrogen-bond donors (Lipinski definition) is 1. The Bertz CT molecular complexity index is 306. The van der Waals surface area contributed by atoms with Gasteiger partial charge in [0.25, 0.3) is 0 Å². The fraction of sp³-hybridized carbons (Fsp3) is 0.500. The van der Waals surface area contributed by atoms with Crippen molar-refractivity contribution in [2.75, 3.05) is 5.75 Å². The van der Waals surface area contributed by atoms with Crippen LogP contribution in [0.4, 0.5) is 0 Å². The van der Waals surface area contributed by atoms with Gasteiger partial charge in [-0.25, -0.2) is 0 Å². The summed E-state index contributed by atoms with van der Waals surface area (Å²) in [7, 11) is 0. The van der Waals surface area contributed by atoms with Gasteiger partial charge in [0.15, 0.2) is 5.17 Å². The van der Waals surface area contributed by atoms with Crippen LogP contribution in [-0.4, -0.2) is 17.0 Å². The molecule has 1 aliphatic heterocycles. The lowest BCUT2D eigenvalue weighted by atomic mass is 10.3. The summed E-state index contributed by atoms with van der Waals surface area (Å²) < 4.78 is 0. The minimum absolute atomic E-state index is 0.581. The molecule has 1 unspecified atom stereocenters. The first kappa shape index (κ1) is 10.1. The molecule has 1 aliphatic rings. The highest BCUT2D eigenvalue weighted by molar-refractivity contribution is 8.13. The zero-order valence-corrected chi connectivity index (χ0v) is 9.83. The molecule has 0 radical (unpaired) electrons. The standard InChI is InChI=1S/C10H14N2S2/c1-8-2-5-14-10(12-8)11-6-9-3-4-13-7-9/h3-4,7-8H,2,5-6H2,1H3,(H,11,12). The molecule has 1 aromatic rings. The summed E-state index contributed by atoms with van der Waals surface area (Å²) in [5.74, 6) is 1.19. The van der Waals surface area contributed by atoms with Crippen molar-refractivity contribution >= 4 is 28.3 Å². The second kappa shape index (κ2) is 4.84. The van der Waals surface area contributed by atoms with Crippen molar-refractivity contribution in [1.29, 1.82) is 0 Å². The second-order valence-corrected chi connectivity index (χ2v) is 5.30. The second-order valence-electron chi connectivity index (χ2n) is 3.44. The minimum Gasteiger partial charge on any atom is -0.362 e. The van der Waals surface area contributed by atoms with Crippen LogP contribution < -0.4 is 5.32 Å². The van der Waals surface area contributed by atoms with Crippen molar-refractivity contribution in [1.82, 2.24) is 5.32 Å². The number of thiophene rings is 1. The van der Waals surface area contributed by atoms with E-state index in [9.17, 15) is 0 Å². The number of rotatable bonds is 2. The van der Waals surface area contributed by atoms with Crippen molar-refractivity contribution < 1.29 is 0 Å². The minimum atomic E-state index is 0.581. The Kier molecular flexibility index (Phi) is 3.48. The van der Waals surface area contributed by atoms with Crippen LogP contribution in [0.15, 0.2) is 21.8 Å². The third-order valence-corrected chi connectivity index (χ3v) is 3.84. The van der Waals surface area contributed by atoms with Crippen LogP contribution in [0.1, 0.15) is 18.9 Å². The van der Waals surface area contributed by atoms with E-state index in [1.165, 1.54) is 17.7 Å². The molecule has 1 N–H and O–H groups in total. The highest BCUT2D eigenvalue weighted by Crippen LogP contribution is 2.15. The largest absolute Gasteiger partial charge is 0.362 e. The zero-order chi connectivity index (χ0) is 9.80. The first-order valence-corrected chi connectivity index (χ1v) is 6.72. The van der Waals surface area contributed by atoms with Gasteiger partial charge in [0.05, 0.1) is 6.54 Å². The Morgan fingerprint density at radius 3 is 3.29 bits per heavy atom. The number of aliphatic imine (C=N–C) groups is 1. The van der Waals surface area contributed by atoms with Gasteiger partial charge >= 0.3 is 0 Å². The lowest BCUT2D eigenvalue weighted by Crippen LogP contribution is -2.35. The van der Waals surface area contributed by atoms with E-state index < -0.39 is 0 Å². The van der Waals surface area contributed by atoms with E-state index in [0.717, 1.165) is 11.7 Å². The molecule has 76 valence electrons. The van der Waals surface area contributed by atoms with Gasteiger partial charge in [0, 0.05) is 11.8 Å². The molecule has 1 aromatic heterocycles. The summed E-state index contributed by atoms with van der Waals surface area (Å²) in [6.07, 6.45) is 1.24. The molecular formula is C10H14N2S2. The molecule has 0 amide bonds. The number of nitrogens with zero attached hydrogens (tertiary/aromatic N) is 1. The molecule has 0 spiro atoms. The fourth-order valence-electron chi connectivity index (χ4n) is 1.29. The monoisotopic (exact) mass is 226 g/mol. The summed E-state index contributed by atoms with van der Waals surface area (Å²) in [5.41, 5.74) is 1.31. The lowest BCUT2D eigenvalue weighted by molar-refractivity contribution is 0.642. The van der Waals surface area contributed by atoms with E-state index in [1.807, 2.05) is 11.8 Å². The van der Waals surface area contributed by atoms with Gasteiger partial charge in [-0.1, -0.05) is 11.8 Å². The Morgan fingerprint density at radius 1 is 1.64 bits per heavy atom. The van der Waals surface area contributed by atoms with Crippen molar-refractivity contribution in [2.45, 2.75) is 25.9 Å². The molecule has 1 saturated heterocycles. The maximum absolute atomic E-state index is 4.55. The van der Waals surface area contributed by atoms with E-state index in [1.54, 1.807) is 11.3 Å². The first-order chi connectivity index (χ1) is 6.84. The number of thioether (sulfide) groups is 1. The van der Waals surface area contributed by atoms with E-state index in [4.69, 9.17) is 0 Å². The van der Waals surface area contributed by atoms with Crippen molar-refractivity contribution in [3.05, 3.63) is 22.4 Å². The molecule has 1 fully saturated rings. The molecule has 14 heavy (non-hydrogen) atoms. The van der Waals surface area contributed by atoms with Gasteiger partial charge in [0.1, 0.15) is 0 Å². The molecule has 1 atom stereocenters. The Balaban J connectivity index is 1.91. The predicted octanol–water partition coefficient (Wildman–Crippen LogP) is 2.72. The normalized spacial score (nSPS) is 24.9. The quantitative estimate of drug-likeness (QED) is 0.838.